The van der Waals surface area contributed by atoms with Crippen LogP contribution in [0.3, 0.4) is 0 Å². The van der Waals surface area contributed by atoms with E-state index in [0.717, 1.165) is 19.4 Å². The van der Waals surface area contributed by atoms with Crippen LogP contribution in [-0.4, -0.2) is 50.1 Å². The number of nitrogens with zero attached hydrogens (tertiary/aromatic N) is 1. The van der Waals surface area contributed by atoms with Crippen molar-refractivity contribution in [2.75, 3.05) is 27.2 Å². The van der Waals surface area contributed by atoms with Gasteiger partial charge in [0.05, 0.1) is 11.8 Å². The molecule has 1 saturated heterocycles. The fourth-order valence-electron chi connectivity index (χ4n) is 3.20. The van der Waals surface area contributed by atoms with Crippen molar-refractivity contribution in [1.29, 1.82) is 0 Å². The molecule has 166 valence electrons. The smallest absolute Gasteiger partial charge is 0.438 e. The largest absolute Gasteiger partial charge is 0.535 e. The van der Waals surface area contributed by atoms with E-state index in [9.17, 15) is 14.2 Å². The van der Waals surface area contributed by atoms with Crippen LogP contribution in [0.1, 0.15) is 47.0 Å². The van der Waals surface area contributed by atoms with Crippen LogP contribution in [0.2, 0.25) is 0 Å². The summed E-state index contributed by atoms with van der Waals surface area (Å²) in [4.78, 5) is 25.4. The normalized spacial score (nSPS) is 22.4. The summed E-state index contributed by atoms with van der Waals surface area (Å²) in [5.74, 6) is -0.683. The molecule has 1 aliphatic heterocycles. The van der Waals surface area contributed by atoms with E-state index in [2.05, 4.69) is 11.9 Å². The Morgan fingerprint density at radius 2 is 1.66 bits per heavy atom. The van der Waals surface area contributed by atoms with Gasteiger partial charge in [-0.2, -0.15) is 0 Å². The lowest BCUT2D eigenvalue weighted by Gasteiger charge is -2.30. The Morgan fingerprint density at radius 3 is 2.17 bits per heavy atom. The van der Waals surface area contributed by atoms with Crippen molar-refractivity contribution in [3.8, 4) is 0 Å². The molecule has 0 N–H and O–H groups in total. The zero-order valence-corrected chi connectivity index (χ0v) is 18.7. The van der Waals surface area contributed by atoms with Crippen molar-refractivity contribution >= 4 is 19.8 Å². The lowest BCUT2D eigenvalue weighted by Crippen LogP contribution is -2.32. The van der Waals surface area contributed by atoms with Crippen LogP contribution in [0.4, 0.5) is 0 Å². The van der Waals surface area contributed by atoms with E-state index in [1.807, 2.05) is 6.08 Å². The summed E-state index contributed by atoms with van der Waals surface area (Å²) < 4.78 is 38.8. The summed E-state index contributed by atoms with van der Waals surface area (Å²) in [6.07, 6.45) is 4.40. The average Bonchev–Trinajstić information content (AvgIpc) is 3.01. The molecule has 1 heterocycles. The summed E-state index contributed by atoms with van der Waals surface area (Å²) in [5.41, 5.74) is 0. The number of likely N-dealkylation sites (tertiary alicyclic amines) is 1. The highest BCUT2D eigenvalue weighted by Crippen LogP contribution is 2.53. The number of phosphoric ester groups is 1. The molecule has 0 bridgehead atoms. The van der Waals surface area contributed by atoms with Gasteiger partial charge in [0.1, 0.15) is 5.76 Å². The molecule has 0 aromatic carbocycles. The first-order chi connectivity index (χ1) is 13.6. The van der Waals surface area contributed by atoms with Gasteiger partial charge < -0.3 is 18.9 Å². The molecule has 0 radical (unpaired) electrons. The number of esters is 2. The molecule has 2 rings (SSSR count). The zero-order chi connectivity index (χ0) is 21.6. The van der Waals surface area contributed by atoms with Gasteiger partial charge in [-0.05, 0) is 38.4 Å². The third-order valence-electron chi connectivity index (χ3n) is 5.02. The van der Waals surface area contributed by atoms with E-state index in [1.54, 1.807) is 27.7 Å². The third kappa shape index (κ3) is 7.10. The predicted molar refractivity (Wildman–Crippen MR) is 104 cm³/mol. The van der Waals surface area contributed by atoms with E-state index < -0.39 is 33.3 Å². The molecule has 2 unspecified atom stereocenters. The van der Waals surface area contributed by atoms with Crippen LogP contribution in [0.25, 0.3) is 0 Å². The van der Waals surface area contributed by atoms with Crippen LogP contribution < -0.4 is 0 Å². The number of rotatable bonds is 10. The minimum atomic E-state index is -4.16. The summed E-state index contributed by atoms with van der Waals surface area (Å²) in [5, 5.41) is 0. The van der Waals surface area contributed by atoms with Gasteiger partial charge in [0.15, 0.2) is 0 Å². The second kappa shape index (κ2) is 10.6. The molecular weight excluding hydrogens is 401 g/mol. The quantitative estimate of drug-likeness (QED) is 0.291. The predicted octanol–water partition coefficient (Wildman–Crippen LogP) is 3.46. The van der Waals surface area contributed by atoms with Crippen LogP contribution in [0, 0.1) is 17.8 Å². The molecule has 10 heteroatoms. The SMILES string of the molecule is CC(C)C(=O)OCOP(=O)(OCOC(=O)C(C)C)OC1=CCC2CCN(C)C2C1. The lowest BCUT2D eigenvalue weighted by molar-refractivity contribution is -0.157. The summed E-state index contributed by atoms with van der Waals surface area (Å²) in [7, 11) is -2.11. The van der Waals surface area contributed by atoms with Gasteiger partial charge in [-0.25, -0.2) is 13.6 Å². The number of carbonyl (C=O) groups is 2. The highest BCUT2D eigenvalue weighted by Gasteiger charge is 2.38. The Labute approximate surface area is 172 Å². The number of phosphoric acid groups is 1. The second-order valence-electron chi connectivity index (χ2n) is 7.98. The number of carbonyl (C=O) groups excluding carboxylic acids is 2. The van der Waals surface area contributed by atoms with Crippen molar-refractivity contribution in [2.24, 2.45) is 17.8 Å². The van der Waals surface area contributed by atoms with Crippen molar-refractivity contribution in [3.63, 3.8) is 0 Å². The number of hydrogen-bond acceptors (Lipinski definition) is 9. The minimum Gasteiger partial charge on any atom is -0.438 e. The minimum absolute atomic E-state index is 0.306. The number of ether oxygens (including phenoxy) is 2. The van der Waals surface area contributed by atoms with Crippen LogP contribution in [0.5, 0.6) is 0 Å². The molecule has 1 fully saturated rings. The van der Waals surface area contributed by atoms with Crippen LogP contribution >= 0.6 is 7.82 Å². The monoisotopic (exact) mass is 433 g/mol. The second-order valence-corrected chi connectivity index (χ2v) is 9.57. The molecule has 29 heavy (non-hydrogen) atoms. The van der Waals surface area contributed by atoms with Gasteiger partial charge in [0.25, 0.3) is 0 Å². The van der Waals surface area contributed by atoms with E-state index >= 15 is 0 Å². The zero-order valence-electron chi connectivity index (χ0n) is 17.8. The van der Waals surface area contributed by atoms with Gasteiger partial charge in [0.2, 0.25) is 13.6 Å². The molecule has 0 aromatic heterocycles. The third-order valence-corrected chi connectivity index (χ3v) is 6.32. The molecule has 9 nitrogen and oxygen atoms in total. The maximum Gasteiger partial charge on any atom is 0.535 e. The molecule has 0 aromatic rings. The average molecular weight is 433 g/mol. The lowest BCUT2D eigenvalue weighted by atomic mass is 9.89. The summed E-state index contributed by atoms with van der Waals surface area (Å²) in [6.45, 7) is 6.50. The Balaban J connectivity index is 1.98. The molecule has 1 aliphatic carbocycles. The fourth-order valence-corrected chi connectivity index (χ4v) is 4.18. The Hall–Kier alpha value is -1.41. The topological polar surface area (TPSA) is 101 Å². The highest BCUT2D eigenvalue weighted by atomic mass is 31.2. The fraction of sp³-hybridized carbons (Fsp3) is 0.789. The number of fused-ring (bicyclic) bond motifs is 1. The van der Waals surface area contributed by atoms with Crippen molar-refractivity contribution in [3.05, 3.63) is 11.8 Å². The van der Waals surface area contributed by atoms with E-state index in [1.165, 1.54) is 0 Å². The Kier molecular flexibility index (Phi) is 8.70. The van der Waals surface area contributed by atoms with Crippen molar-refractivity contribution in [2.45, 2.75) is 53.0 Å². The van der Waals surface area contributed by atoms with Gasteiger partial charge in [0, 0.05) is 12.5 Å². The Morgan fingerprint density at radius 1 is 1.10 bits per heavy atom. The van der Waals surface area contributed by atoms with Crippen molar-refractivity contribution < 1.29 is 37.2 Å². The van der Waals surface area contributed by atoms with E-state index in [0.29, 0.717) is 24.1 Å². The maximum absolute atomic E-state index is 13.1. The summed E-state index contributed by atoms with van der Waals surface area (Å²) in [6, 6.07) is 0.306. The van der Waals surface area contributed by atoms with E-state index in [4.69, 9.17) is 23.0 Å². The van der Waals surface area contributed by atoms with E-state index in [-0.39, 0.29) is 11.8 Å². The molecule has 2 atom stereocenters. The number of allylic oxidation sites excluding steroid dienone is 1. The standard InChI is InChI=1S/C19H32NO8P/c1-13(2)18(21)24-11-26-29(23,27-12-25-19(22)14(3)4)28-16-7-6-15-8-9-20(5)17(15)10-16/h7,13-15,17H,6,8-12H2,1-5H3. The molecule has 0 amide bonds. The van der Waals surface area contributed by atoms with Crippen LogP contribution in [-0.2, 0) is 37.2 Å². The Bertz CT molecular complexity index is 633. The van der Waals surface area contributed by atoms with Crippen LogP contribution in [0.15, 0.2) is 11.8 Å². The highest BCUT2D eigenvalue weighted by molar-refractivity contribution is 7.48. The molecular formula is C19H32NO8P. The van der Waals surface area contributed by atoms with Crippen molar-refractivity contribution in [1.82, 2.24) is 4.90 Å². The number of hydrogen-bond donors (Lipinski definition) is 0. The maximum atomic E-state index is 13.1. The molecule has 0 spiro atoms. The van der Waals surface area contributed by atoms with Gasteiger partial charge in [-0.1, -0.05) is 27.7 Å². The van der Waals surface area contributed by atoms with Gasteiger partial charge >= 0.3 is 19.8 Å². The van der Waals surface area contributed by atoms with Gasteiger partial charge in [-0.15, -0.1) is 0 Å². The first-order valence-corrected chi connectivity index (χ1v) is 11.4. The first kappa shape index (κ1) is 23.9. The molecule has 2 aliphatic rings. The van der Waals surface area contributed by atoms with Gasteiger partial charge in [-0.3, -0.25) is 9.59 Å². The molecule has 0 saturated carbocycles. The first-order valence-electron chi connectivity index (χ1n) is 9.92. The summed E-state index contributed by atoms with van der Waals surface area (Å²) >= 11 is 0.